The Labute approximate surface area is 105 Å². The van der Waals surface area contributed by atoms with E-state index in [1.165, 1.54) is 51.4 Å². The number of hydrogen-bond donors (Lipinski definition) is 0. The molecule has 17 heavy (non-hydrogen) atoms. The van der Waals surface area contributed by atoms with Gasteiger partial charge in [-0.2, -0.15) is 0 Å². The molecule has 1 saturated heterocycles. The zero-order valence-electron chi connectivity index (χ0n) is 11.2. The molecule has 0 atom stereocenters. The number of rotatable bonds is 2. The molecule has 0 radical (unpaired) electrons. The number of likely N-dealkylation sites (tertiary alicyclic amines) is 1. The van der Waals surface area contributed by atoms with Crippen LogP contribution in [0.5, 0.6) is 0 Å². The summed E-state index contributed by atoms with van der Waals surface area (Å²) in [6.45, 7) is 4.94. The van der Waals surface area contributed by atoms with Crippen LogP contribution in [0.3, 0.4) is 0 Å². The second-order valence-electron chi connectivity index (χ2n) is 5.41. The van der Waals surface area contributed by atoms with Crippen LogP contribution >= 0.6 is 0 Å². The standard InChI is InChI=1S/C14H26N2O/c1-2-16(13-9-5-6-10-13)14(17)15-11-7-3-4-8-12-15/h13H,2-12H2,1H3. The molecule has 3 heteroatoms. The van der Waals surface area contributed by atoms with Crippen LogP contribution in [0.15, 0.2) is 0 Å². The van der Waals surface area contributed by atoms with E-state index in [4.69, 9.17) is 0 Å². The van der Waals surface area contributed by atoms with E-state index in [1.54, 1.807) is 0 Å². The van der Waals surface area contributed by atoms with Gasteiger partial charge in [0.05, 0.1) is 0 Å². The van der Waals surface area contributed by atoms with Gasteiger partial charge in [0.15, 0.2) is 0 Å². The minimum Gasteiger partial charge on any atom is -0.325 e. The largest absolute Gasteiger partial charge is 0.325 e. The smallest absolute Gasteiger partial charge is 0.320 e. The SMILES string of the molecule is CCN(C(=O)N1CCCCCC1)C1CCCC1. The molecule has 2 rings (SSSR count). The average Bonchev–Trinajstić information content (AvgIpc) is 2.72. The molecule has 0 bridgehead atoms. The molecule has 0 aromatic rings. The van der Waals surface area contributed by atoms with Crippen molar-refractivity contribution in [1.82, 2.24) is 9.80 Å². The monoisotopic (exact) mass is 238 g/mol. The molecule has 3 nitrogen and oxygen atoms in total. The Morgan fingerprint density at radius 1 is 1.06 bits per heavy atom. The van der Waals surface area contributed by atoms with Gasteiger partial charge in [0, 0.05) is 25.7 Å². The highest BCUT2D eigenvalue weighted by Crippen LogP contribution is 2.24. The molecule has 1 aliphatic carbocycles. The lowest BCUT2D eigenvalue weighted by atomic mass is 10.2. The maximum Gasteiger partial charge on any atom is 0.320 e. The highest BCUT2D eigenvalue weighted by Gasteiger charge is 2.28. The summed E-state index contributed by atoms with van der Waals surface area (Å²) < 4.78 is 0. The second kappa shape index (κ2) is 6.27. The van der Waals surface area contributed by atoms with Crippen molar-refractivity contribution in [3.8, 4) is 0 Å². The number of nitrogens with zero attached hydrogens (tertiary/aromatic N) is 2. The van der Waals surface area contributed by atoms with Gasteiger partial charge in [-0.1, -0.05) is 25.7 Å². The first kappa shape index (κ1) is 12.7. The summed E-state index contributed by atoms with van der Waals surface area (Å²) in [4.78, 5) is 16.7. The van der Waals surface area contributed by atoms with Crippen molar-refractivity contribution in [2.75, 3.05) is 19.6 Å². The van der Waals surface area contributed by atoms with E-state index in [0.29, 0.717) is 12.1 Å². The van der Waals surface area contributed by atoms with Gasteiger partial charge in [0.25, 0.3) is 0 Å². The van der Waals surface area contributed by atoms with Crippen LogP contribution in [0.2, 0.25) is 0 Å². The molecular weight excluding hydrogens is 212 g/mol. The minimum atomic E-state index is 0.307. The molecule has 2 fully saturated rings. The van der Waals surface area contributed by atoms with Gasteiger partial charge < -0.3 is 9.80 Å². The zero-order valence-corrected chi connectivity index (χ0v) is 11.2. The average molecular weight is 238 g/mol. The first-order valence-corrected chi connectivity index (χ1v) is 7.38. The molecule has 1 saturated carbocycles. The second-order valence-corrected chi connectivity index (χ2v) is 5.41. The third kappa shape index (κ3) is 3.14. The first-order valence-electron chi connectivity index (χ1n) is 7.38. The van der Waals surface area contributed by atoms with Gasteiger partial charge in [-0.15, -0.1) is 0 Å². The fourth-order valence-corrected chi connectivity index (χ4v) is 3.21. The van der Waals surface area contributed by atoms with Crippen LogP contribution in [0.25, 0.3) is 0 Å². The third-order valence-corrected chi connectivity index (χ3v) is 4.23. The van der Waals surface area contributed by atoms with Crippen molar-refractivity contribution in [2.45, 2.75) is 64.3 Å². The van der Waals surface area contributed by atoms with Gasteiger partial charge in [-0.05, 0) is 32.6 Å². The number of carbonyl (C=O) groups excluding carboxylic acids is 1. The minimum absolute atomic E-state index is 0.307. The van der Waals surface area contributed by atoms with E-state index in [0.717, 1.165) is 19.6 Å². The third-order valence-electron chi connectivity index (χ3n) is 4.23. The van der Waals surface area contributed by atoms with Crippen molar-refractivity contribution < 1.29 is 4.79 Å². The Balaban J connectivity index is 1.94. The Bertz CT molecular complexity index is 241. The molecule has 1 aliphatic heterocycles. The summed E-state index contributed by atoms with van der Waals surface area (Å²) in [5, 5.41) is 0. The maximum atomic E-state index is 12.5. The van der Waals surface area contributed by atoms with E-state index >= 15 is 0 Å². The van der Waals surface area contributed by atoms with Crippen molar-refractivity contribution in [1.29, 1.82) is 0 Å². The zero-order chi connectivity index (χ0) is 12.1. The molecular formula is C14H26N2O. The fourth-order valence-electron chi connectivity index (χ4n) is 3.21. The van der Waals surface area contributed by atoms with Crippen LogP contribution in [0.1, 0.15) is 58.3 Å². The molecule has 2 amide bonds. The molecule has 0 aromatic heterocycles. The van der Waals surface area contributed by atoms with E-state index in [1.807, 2.05) is 0 Å². The highest BCUT2D eigenvalue weighted by atomic mass is 16.2. The van der Waals surface area contributed by atoms with E-state index in [9.17, 15) is 4.79 Å². The fraction of sp³-hybridized carbons (Fsp3) is 0.929. The van der Waals surface area contributed by atoms with Gasteiger partial charge in [-0.3, -0.25) is 0 Å². The lowest BCUT2D eigenvalue weighted by Crippen LogP contribution is -2.47. The van der Waals surface area contributed by atoms with Crippen LogP contribution < -0.4 is 0 Å². The summed E-state index contributed by atoms with van der Waals surface area (Å²) in [5.74, 6) is 0. The highest BCUT2D eigenvalue weighted by molar-refractivity contribution is 5.74. The summed E-state index contributed by atoms with van der Waals surface area (Å²) in [5.41, 5.74) is 0. The predicted molar refractivity (Wildman–Crippen MR) is 70.1 cm³/mol. The van der Waals surface area contributed by atoms with E-state index in [-0.39, 0.29) is 0 Å². The van der Waals surface area contributed by atoms with E-state index < -0.39 is 0 Å². The van der Waals surface area contributed by atoms with Crippen molar-refractivity contribution in [3.05, 3.63) is 0 Å². The Morgan fingerprint density at radius 2 is 1.65 bits per heavy atom. The number of carbonyl (C=O) groups is 1. The number of urea groups is 1. The normalized spacial score (nSPS) is 22.5. The first-order chi connectivity index (χ1) is 8.33. The summed E-state index contributed by atoms with van der Waals surface area (Å²) in [6, 6.07) is 0.831. The van der Waals surface area contributed by atoms with Crippen molar-refractivity contribution in [2.24, 2.45) is 0 Å². The van der Waals surface area contributed by atoms with Crippen LogP contribution in [-0.2, 0) is 0 Å². The predicted octanol–water partition coefficient (Wildman–Crippen LogP) is 3.25. The van der Waals surface area contributed by atoms with Gasteiger partial charge in [-0.25, -0.2) is 4.79 Å². The lowest BCUT2D eigenvalue weighted by Gasteiger charge is -2.33. The van der Waals surface area contributed by atoms with Crippen LogP contribution in [0.4, 0.5) is 4.79 Å². The molecule has 2 aliphatic rings. The summed E-state index contributed by atoms with van der Waals surface area (Å²) >= 11 is 0. The number of amides is 2. The molecule has 0 unspecified atom stereocenters. The topological polar surface area (TPSA) is 23.6 Å². The number of hydrogen-bond acceptors (Lipinski definition) is 1. The maximum absolute atomic E-state index is 12.5. The Hall–Kier alpha value is -0.730. The molecule has 0 aromatic carbocycles. The molecule has 0 N–H and O–H groups in total. The lowest BCUT2D eigenvalue weighted by molar-refractivity contribution is 0.138. The van der Waals surface area contributed by atoms with Gasteiger partial charge in [0.2, 0.25) is 0 Å². The molecule has 0 spiro atoms. The summed E-state index contributed by atoms with van der Waals surface area (Å²) in [7, 11) is 0. The van der Waals surface area contributed by atoms with Crippen molar-refractivity contribution >= 4 is 6.03 Å². The summed E-state index contributed by atoms with van der Waals surface area (Å²) in [6.07, 6.45) is 9.99. The Kier molecular flexibility index (Phi) is 4.69. The quantitative estimate of drug-likeness (QED) is 0.724. The molecule has 98 valence electrons. The van der Waals surface area contributed by atoms with Crippen LogP contribution in [0, 0.1) is 0 Å². The van der Waals surface area contributed by atoms with E-state index in [2.05, 4.69) is 16.7 Å². The van der Waals surface area contributed by atoms with Gasteiger partial charge in [0.1, 0.15) is 0 Å². The Morgan fingerprint density at radius 3 is 2.18 bits per heavy atom. The molecule has 1 heterocycles. The van der Waals surface area contributed by atoms with Crippen molar-refractivity contribution in [3.63, 3.8) is 0 Å². The van der Waals surface area contributed by atoms with Gasteiger partial charge >= 0.3 is 6.03 Å². The van der Waals surface area contributed by atoms with Crippen LogP contribution in [-0.4, -0.2) is 41.5 Å².